The van der Waals surface area contributed by atoms with E-state index in [0.717, 1.165) is 5.25 Å². The molecule has 0 amide bonds. The zero-order valence-electron chi connectivity index (χ0n) is 9.49. The largest absolute Gasteiger partial charge is 0.317 e. The third kappa shape index (κ3) is 2.76. The summed E-state index contributed by atoms with van der Waals surface area (Å²) in [6.07, 6.45) is 3.86. The summed E-state index contributed by atoms with van der Waals surface area (Å²) in [5, 5.41) is 4.10. The van der Waals surface area contributed by atoms with E-state index in [4.69, 9.17) is 0 Å². The van der Waals surface area contributed by atoms with Gasteiger partial charge in [0.1, 0.15) is 0 Å². The van der Waals surface area contributed by atoms with Gasteiger partial charge in [0.25, 0.3) is 0 Å². The van der Waals surface area contributed by atoms with E-state index in [9.17, 15) is 0 Å². The van der Waals surface area contributed by atoms with Crippen LogP contribution >= 0.6 is 11.8 Å². The van der Waals surface area contributed by atoms with Gasteiger partial charge in [-0.2, -0.15) is 0 Å². The number of fused-ring (bicyclic) bond motifs is 1. The van der Waals surface area contributed by atoms with E-state index in [2.05, 4.69) is 48.3 Å². The van der Waals surface area contributed by atoms with Crippen LogP contribution in [0.5, 0.6) is 0 Å². The molecule has 1 aliphatic rings. The fourth-order valence-electron chi connectivity index (χ4n) is 2.00. The minimum atomic E-state index is 0.648. The molecule has 1 aliphatic heterocycles. The molecule has 0 radical (unpaired) electrons. The van der Waals surface area contributed by atoms with Crippen LogP contribution in [0.3, 0.4) is 0 Å². The molecule has 1 nitrogen and oxygen atoms in total. The van der Waals surface area contributed by atoms with Gasteiger partial charge in [-0.1, -0.05) is 18.2 Å². The van der Waals surface area contributed by atoms with Gasteiger partial charge in [0.2, 0.25) is 0 Å². The van der Waals surface area contributed by atoms with Gasteiger partial charge < -0.3 is 5.32 Å². The molecule has 0 saturated carbocycles. The van der Waals surface area contributed by atoms with Crippen molar-refractivity contribution < 1.29 is 0 Å². The molecule has 1 aromatic rings. The van der Waals surface area contributed by atoms with Crippen LogP contribution in [-0.2, 0) is 6.42 Å². The summed E-state index contributed by atoms with van der Waals surface area (Å²) < 4.78 is 0. The van der Waals surface area contributed by atoms with Crippen LogP contribution in [0.1, 0.15) is 25.3 Å². The predicted octanol–water partition coefficient (Wildman–Crippen LogP) is 3.09. The van der Waals surface area contributed by atoms with E-state index in [1.54, 1.807) is 5.56 Å². The number of hydrogen-bond acceptors (Lipinski definition) is 2. The zero-order valence-corrected chi connectivity index (χ0v) is 10.3. The maximum absolute atomic E-state index is 3.30. The van der Waals surface area contributed by atoms with Crippen LogP contribution in [0, 0.1) is 0 Å². The molecule has 82 valence electrons. The quantitative estimate of drug-likeness (QED) is 0.838. The summed E-state index contributed by atoms with van der Waals surface area (Å²) in [5.41, 5.74) is 1.55. The Morgan fingerprint density at radius 1 is 1.47 bits per heavy atom. The average Bonchev–Trinajstić information content (AvgIpc) is 2.68. The highest BCUT2D eigenvalue weighted by Gasteiger charge is 2.21. The number of rotatable bonds is 4. The molecule has 2 rings (SSSR count). The zero-order chi connectivity index (χ0) is 10.7. The van der Waals surface area contributed by atoms with Crippen molar-refractivity contribution >= 4 is 11.8 Å². The second-order valence-corrected chi connectivity index (χ2v) is 5.66. The van der Waals surface area contributed by atoms with Crippen LogP contribution < -0.4 is 5.32 Å². The van der Waals surface area contributed by atoms with Crippen molar-refractivity contribution in [3.8, 4) is 0 Å². The van der Waals surface area contributed by atoms with Gasteiger partial charge in [0.15, 0.2) is 0 Å². The van der Waals surface area contributed by atoms with Crippen molar-refractivity contribution in [2.24, 2.45) is 0 Å². The lowest BCUT2D eigenvalue weighted by Gasteiger charge is -2.13. The van der Waals surface area contributed by atoms with Crippen molar-refractivity contribution in [2.75, 3.05) is 7.05 Å². The lowest BCUT2D eigenvalue weighted by atomic mass is 10.1. The molecule has 0 spiro atoms. The van der Waals surface area contributed by atoms with Crippen LogP contribution in [0.4, 0.5) is 0 Å². The Bertz CT molecular complexity index is 299. The molecule has 15 heavy (non-hydrogen) atoms. The number of nitrogens with one attached hydrogen (secondary N) is 1. The number of benzene rings is 1. The molecular formula is C13H19NS. The van der Waals surface area contributed by atoms with Crippen molar-refractivity contribution in [3.05, 3.63) is 29.8 Å². The van der Waals surface area contributed by atoms with E-state index in [1.165, 1.54) is 24.2 Å². The van der Waals surface area contributed by atoms with Gasteiger partial charge in [-0.15, -0.1) is 11.8 Å². The van der Waals surface area contributed by atoms with Crippen molar-refractivity contribution in [1.29, 1.82) is 0 Å². The first-order chi connectivity index (χ1) is 7.29. The molecule has 0 bridgehead atoms. The van der Waals surface area contributed by atoms with E-state index >= 15 is 0 Å². The van der Waals surface area contributed by atoms with Crippen molar-refractivity contribution in [3.63, 3.8) is 0 Å². The third-order valence-corrected chi connectivity index (χ3v) is 4.52. The van der Waals surface area contributed by atoms with E-state index in [1.807, 2.05) is 7.05 Å². The topological polar surface area (TPSA) is 12.0 Å². The first-order valence-electron chi connectivity index (χ1n) is 5.71. The molecule has 1 aromatic carbocycles. The lowest BCUT2D eigenvalue weighted by Crippen LogP contribution is -2.22. The lowest BCUT2D eigenvalue weighted by molar-refractivity contribution is 0.535. The fourth-order valence-corrected chi connectivity index (χ4v) is 3.33. The highest BCUT2D eigenvalue weighted by atomic mass is 32.2. The standard InChI is InChI=1S/C13H19NS/c1-10(14-2)7-8-12-9-11-5-3-4-6-13(11)15-12/h3-6,10,12,14H,7-9H2,1-2H3. The van der Waals surface area contributed by atoms with Gasteiger partial charge in [0, 0.05) is 16.2 Å². The third-order valence-electron chi connectivity index (χ3n) is 3.13. The van der Waals surface area contributed by atoms with Gasteiger partial charge in [-0.05, 0) is 44.9 Å². The maximum atomic E-state index is 3.30. The Morgan fingerprint density at radius 2 is 2.27 bits per heavy atom. The highest BCUT2D eigenvalue weighted by molar-refractivity contribution is 8.00. The summed E-state index contributed by atoms with van der Waals surface area (Å²) >= 11 is 2.06. The van der Waals surface area contributed by atoms with Crippen LogP contribution in [-0.4, -0.2) is 18.3 Å². The smallest absolute Gasteiger partial charge is 0.0136 e. The molecule has 0 fully saturated rings. The maximum Gasteiger partial charge on any atom is 0.0136 e. The van der Waals surface area contributed by atoms with Crippen molar-refractivity contribution in [2.45, 2.75) is 42.4 Å². The number of hydrogen-bond donors (Lipinski definition) is 1. The second kappa shape index (κ2) is 5.04. The monoisotopic (exact) mass is 221 g/mol. The molecule has 0 aliphatic carbocycles. The summed E-state index contributed by atoms with van der Waals surface area (Å²) in [6, 6.07) is 9.46. The summed E-state index contributed by atoms with van der Waals surface area (Å²) in [4.78, 5) is 1.50. The highest BCUT2D eigenvalue weighted by Crippen LogP contribution is 2.38. The first-order valence-corrected chi connectivity index (χ1v) is 6.59. The first kappa shape index (κ1) is 11.0. The van der Waals surface area contributed by atoms with Gasteiger partial charge in [-0.25, -0.2) is 0 Å². The molecule has 2 heteroatoms. The molecule has 0 aromatic heterocycles. The van der Waals surface area contributed by atoms with Gasteiger partial charge >= 0.3 is 0 Å². The minimum absolute atomic E-state index is 0.648. The van der Waals surface area contributed by atoms with Gasteiger partial charge in [-0.3, -0.25) is 0 Å². The molecule has 1 heterocycles. The fraction of sp³-hybridized carbons (Fsp3) is 0.538. The molecule has 1 N–H and O–H groups in total. The van der Waals surface area contributed by atoms with Crippen molar-refractivity contribution in [1.82, 2.24) is 5.32 Å². The van der Waals surface area contributed by atoms with E-state index in [0.29, 0.717) is 6.04 Å². The second-order valence-electron chi connectivity index (χ2n) is 4.32. The Labute approximate surface area is 96.7 Å². The predicted molar refractivity (Wildman–Crippen MR) is 67.5 cm³/mol. The Kier molecular flexibility index (Phi) is 3.71. The Balaban J connectivity index is 1.85. The minimum Gasteiger partial charge on any atom is -0.317 e. The molecule has 2 atom stereocenters. The van der Waals surface area contributed by atoms with Crippen LogP contribution in [0.25, 0.3) is 0 Å². The normalized spacial score (nSPS) is 21.3. The summed E-state index contributed by atoms with van der Waals surface area (Å²) in [7, 11) is 2.04. The van der Waals surface area contributed by atoms with Crippen LogP contribution in [0.15, 0.2) is 29.2 Å². The summed E-state index contributed by atoms with van der Waals surface area (Å²) in [5.74, 6) is 0. The Hall–Kier alpha value is -0.470. The Morgan fingerprint density at radius 3 is 3.00 bits per heavy atom. The average molecular weight is 221 g/mol. The van der Waals surface area contributed by atoms with E-state index in [-0.39, 0.29) is 0 Å². The van der Waals surface area contributed by atoms with Gasteiger partial charge in [0.05, 0.1) is 0 Å². The molecular weight excluding hydrogens is 202 g/mol. The SMILES string of the molecule is CNC(C)CCC1Cc2ccccc2S1. The molecule has 2 unspecified atom stereocenters. The van der Waals surface area contributed by atoms with E-state index < -0.39 is 0 Å². The number of thioether (sulfide) groups is 1. The van der Waals surface area contributed by atoms with Crippen LogP contribution in [0.2, 0.25) is 0 Å². The summed E-state index contributed by atoms with van der Waals surface area (Å²) in [6.45, 7) is 2.26. The molecule has 0 saturated heterocycles.